The van der Waals surface area contributed by atoms with Gasteiger partial charge in [-0.2, -0.15) is 0 Å². The molecule has 1 aliphatic heterocycles. The number of fused-ring (bicyclic) bond motifs is 5. The summed E-state index contributed by atoms with van der Waals surface area (Å²) in [4.78, 5) is 13.0. The van der Waals surface area contributed by atoms with E-state index in [0.717, 1.165) is 58.0 Å². The predicted molar refractivity (Wildman–Crippen MR) is 151 cm³/mol. The fraction of sp³-hybridized carbons (Fsp3) is 0.970. The van der Waals surface area contributed by atoms with Gasteiger partial charge >= 0.3 is 5.97 Å². The molecular weight excluding hydrogens is 474 g/mol. The molecule has 4 saturated carbocycles. The van der Waals surface area contributed by atoms with Crippen molar-refractivity contribution < 1.29 is 19.7 Å². The molecule has 1 heterocycles. The second-order valence-electron chi connectivity index (χ2n) is 15.7. The molecule has 0 aromatic heterocycles. The van der Waals surface area contributed by atoms with Crippen molar-refractivity contribution in [3.05, 3.63) is 0 Å². The van der Waals surface area contributed by atoms with E-state index in [9.17, 15) is 15.0 Å². The lowest BCUT2D eigenvalue weighted by molar-refractivity contribution is -0.206. The molecule has 3 N–H and O–H groups in total. The van der Waals surface area contributed by atoms with Gasteiger partial charge in [-0.3, -0.25) is 4.79 Å². The van der Waals surface area contributed by atoms with Crippen LogP contribution in [0.3, 0.4) is 0 Å². The molecule has 5 aliphatic rings. The van der Waals surface area contributed by atoms with Gasteiger partial charge in [0.25, 0.3) is 0 Å². The van der Waals surface area contributed by atoms with Gasteiger partial charge in [0.05, 0.1) is 12.2 Å². The molecule has 2 unspecified atom stereocenters. The van der Waals surface area contributed by atoms with E-state index in [1.807, 2.05) is 0 Å². The van der Waals surface area contributed by atoms with Gasteiger partial charge < -0.3 is 20.3 Å². The van der Waals surface area contributed by atoms with Crippen LogP contribution in [-0.4, -0.2) is 47.1 Å². The summed E-state index contributed by atoms with van der Waals surface area (Å²) in [5.74, 6) is 2.83. The Bertz CT molecular complexity index is 869. The standard InChI is InChI=1S/C33H57NO4/c1-21(7-8-28(37)38-30(2,3)22-12-17-34-18-13-22)25-10-16-33(6)29-26(11-15-32(25,33)5)31(4)14-9-24(35)19-23(31)20-27(29)36/h21-27,29,34-36H,7-20H2,1-6H3/t21-,23+,24?,25-,26+,27?,29+,31+,32-,33+/m1/s1. The zero-order valence-electron chi connectivity index (χ0n) is 25.2. The lowest BCUT2D eigenvalue weighted by Crippen LogP contribution is -2.62. The van der Waals surface area contributed by atoms with Crippen molar-refractivity contribution in [3.63, 3.8) is 0 Å². The summed E-state index contributed by atoms with van der Waals surface area (Å²) < 4.78 is 6.08. The van der Waals surface area contributed by atoms with E-state index >= 15 is 0 Å². The highest BCUT2D eigenvalue weighted by Crippen LogP contribution is 2.73. The first-order valence-electron chi connectivity index (χ1n) is 16.1. The molecule has 10 atom stereocenters. The van der Waals surface area contributed by atoms with Crippen molar-refractivity contribution in [2.24, 2.45) is 51.8 Å². The van der Waals surface area contributed by atoms with Crippen molar-refractivity contribution in [3.8, 4) is 0 Å². The van der Waals surface area contributed by atoms with Gasteiger partial charge in [-0.15, -0.1) is 0 Å². The predicted octanol–water partition coefficient (Wildman–Crippen LogP) is 6.10. The van der Waals surface area contributed by atoms with E-state index < -0.39 is 0 Å². The third-order valence-corrected chi connectivity index (χ3v) is 13.7. The molecule has 0 aromatic rings. The normalized spacial score (nSPS) is 46.5. The van der Waals surface area contributed by atoms with Crippen molar-refractivity contribution >= 4 is 5.97 Å². The molecule has 0 bridgehead atoms. The van der Waals surface area contributed by atoms with E-state index in [0.29, 0.717) is 41.9 Å². The first-order chi connectivity index (χ1) is 17.8. The average Bonchev–Trinajstić information content (AvgIpc) is 3.15. The quantitative estimate of drug-likeness (QED) is 0.361. The van der Waals surface area contributed by atoms with Crippen LogP contribution in [-0.2, 0) is 9.53 Å². The van der Waals surface area contributed by atoms with Gasteiger partial charge in [-0.1, -0.05) is 27.7 Å². The van der Waals surface area contributed by atoms with E-state index in [-0.39, 0.29) is 40.0 Å². The molecular formula is C33H57NO4. The Morgan fingerprint density at radius 2 is 1.66 bits per heavy atom. The molecule has 5 nitrogen and oxygen atoms in total. The fourth-order valence-electron chi connectivity index (χ4n) is 11.1. The molecule has 5 fully saturated rings. The Labute approximate surface area is 232 Å². The summed E-state index contributed by atoms with van der Waals surface area (Å²) in [5, 5.41) is 25.4. The second-order valence-corrected chi connectivity index (χ2v) is 15.7. The number of aliphatic hydroxyl groups is 2. The van der Waals surface area contributed by atoms with Gasteiger partial charge in [0.1, 0.15) is 5.60 Å². The van der Waals surface area contributed by atoms with Gasteiger partial charge in [-0.25, -0.2) is 0 Å². The highest BCUT2D eigenvalue weighted by Gasteiger charge is 2.67. The summed E-state index contributed by atoms with van der Waals surface area (Å²) >= 11 is 0. The van der Waals surface area contributed by atoms with E-state index in [4.69, 9.17) is 4.74 Å². The molecule has 5 heteroatoms. The molecule has 5 rings (SSSR count). The molecule has 0 radical (unpaired) electrons. The zero-order chi connectivity index (χ0) is 27.5. The highest BCUT2D eigenvalue weighted by molar-refractivity contribution is 5.69. The molecule has 218 valence electrons. The van der Waals surface area contributed by atoms with Crippen molar-refractivity contribution in [2.75, 3.05) is 13.1 Å². The number of hydrogen-bond donors (Lipinski definition) is 3. The SMILES string of the molecule is C[C@H](CCC(=O)OC(C)(C)C1CCNCC1)[C@H]1CC[C@@]2(C)[C@@H]3C(O)C[C@@H]4CC(O)CC[C@]4(C)[C@H]3CC[C@]12C. The topological polar surface area (TPSA) is 78.8 Å². The number of ether oxygens (including phenoxy) is 1. The van der Waals surface area contributed by atoms with Crippen LogP contribution in [0.2, 0.25) is 0 Å². The van der Waals surface area contributed by atoms with E-state index in [1.165, 1.54) is 25.7 Å². The van der Waals surface area contributed by atoms with Crippen LogP contribution in [0.25, 0.3) is 0 Å². The summed E-state index contributed by atoms with van der Waals surface area (Å²) in [7, 11) is 0. The largest absolute Gasteiger partial charge is 0.459 e. The number of carbonyl (C=O) groups excluding carboxylic acids is 1. The molecule has 0 aromatic carbocycles. The fourth-order valence-corrected chi connectivity index (χ4v) is 11.1. The zero-order valence-corrected chi connectivity index (χ0v) is 25.2. The molecule has 1 saturated heterocycles. The van der Waals surface area contributed by atoms with Gasteiger partial charge in [0.15, 0.2) is 0 Å². The number of carbonyl (C=O) groups is 1. The van der Waals surface area contributed by atoms with Gasteiger partial charge in [-0.05, 0) is 143 Å². The van der Waals surface area contributed by atoms with Crippen LogP contribution in [0.4, 0.5) is 0 Å². The van der Waals surface area contributed by atoms with Gasteiger partial charge in [0, 0.05) is 12.3 Å². The molecule has 0 spiro atoms. The maximum Gasteiger partial charge on any atom is 0.306 e. The Balaban J connectivity index is 1.24. The van der Waals surface area contributed by atoms with Crippen LogP contribution in [0.5, 0.6) is 0 Å². The first kappa shape index (κ1) is 28.9. The first-order valence-corrected chi connectivity index (χ1v) is 16.1. The number of esters is 1. The van der Waals surface area contributed by atoms with Crippen LogP contribution >= 0.6 is 0 Å². The number of rotatable bonds is 6. The maximum atomic E-state index is 13.0. The minimum absolute atomic E-state index is 0.0313. The smallest absolute Gasteiger partial charge is 0.306 e. The summed E-state index contributed by atoms with van der Waals surface area (Å²) in [6.45, 7) is 16.1. The van der Waals surface area contributed by atoms with Crippen LogP contribution in [0, 0.1) is 51.8 Å². The molecule has 4 aliphatic carbocycles. The summed E-state index contributed by atoms with van der Waals surface area (Å²) in [5.41, 5.74) is 0.196. The Hall–Kier alpha value is -0.650. The molecule has 38 heavy (non-hydrogen) atoms. The minimum atomic E-state index is -0.390. The number of aliphatic hydroxyl groups excluding tert-OH is 2. The maximum absolute atomic E-state index is 13.0. The van der Waals surface area contributed by atoms with E-state index in [1.54, 1.807) is 0 Å². The number of piperidine rings is 1. The lowest BCUT2D eigenvalue weighted by Gasteiger charge is -2.66. The van der Waals surface area contributed by atoms with Crippen molar-refractivity contribution in [1.82, 2.24) is 5.32 Å². The van der Waals surface area contributed by atoms with Crippen LogP contribution in [0.15, 0.2) is 0 Å². The average molecular weight is 532 g/mol. The summed E-state index contributed by atoms with van der Waals surface area (Å²) in [6, 6.07) is 0. The van der Waals surface area contributed by atoms with Crippen molar-refractivity contribution in [1.29, 1.82) is 0 Å². The number of nitrogens with one attached hydrogen (secondary N) is 1. The minimum Gasteiger partial charge on any atom is -0.459 e. The number of hydrogen-bond acceptors (Lipinski definition) is 5. The van der Waals surface area contributed by atoms with Crippen LogP contribution < -0.4 is 5.32 Å². The Morgan fingerprint density at radius 1 is 0.974 bits per heavy atom. The third kappa shape index (κ3) is 4.69. The Morgan fingerprint density at radius 3 is 2.37 bits per heavy atom. The Kier molecular flexibility index (Phi) is 7.84. The van der Waals surface area contributed by atoms with E-state index in [2.05, 4.69) is 46.9 Å². The third-order valence-electron chi connectivity index (χ3n) is 13.7. The second kappa shape index (κ2) is 10.3. The monoisotopic (exact) mass is 531 g/mol. The molecule has 0 amide bonds. The van der Waals surface area contributed by atoms with Crippen LogP contribution in [0.1, 0.15) is 119 Å². The highest BCUT2D eigenvalue weighted by atomic mass is 16.6. The summed E-state index contributed by atoms with van der Waals surface area (Å²) in [6.07, 6.45) is 11.7. The van der Waals surface area contributed by atoms with Crippen molar-refractivity contribution in [2.45, 2.75) is 136 Å². The van der Waals surface area contributed by atoms with Gasteiger partial charge in [0.2, 0.25) is 0 Å². The lowest BCUT2D eigenvalue weighted by atomic mass is 9.39.